The van der Waals surface area contributed by atoms with Crippen molar-refractivity contribution in [3.63, 3.8) is 0 Å². The first kappa shape index (κ1) is 59.0. The Bertz CT molecular complexity index is 2090. The number of carbonyl (C=O) groups excluding carboxylic acids is 1. The number of aliphatic hydroxyl groups excluding tert-OH is 13. The van der Waals surface area contributed by atoms with Gasteiger partial charge in [0.25, 0.3) is 0 Å². The normalized spacial score (nSPS) is 54.0. The Kier molecular flexibility index (Phi) is 16.6. The molecule has 4 aliphatic heterocycles. The maximum Gasteiger partial charge on any atom is 0.315 e. The summed E-state index contributed by atoms with van der Waals surface area (Å²) in [6, 6.07) is 0. The molecule has 4 heterocycles. The third kappa shape index (κ3) is 9.57. The second kappa shape index (κ2) is 21.3. The van der Waals surface area contributed by atoms with Crippen LogP contribution in [0.3, 0.4) is 0 Å². The Morgan fingerprint density at radius 2 is 1.13 bits per heavy atom. The fourth-order valence-corrected chi connectivity index (χ4v) is 16.4. The van der Waals surface area contributed by atoms with Gasteiger partial charge in [0, 0.05) is 0 Å². The number of hydrogen-bond donors (Lipinski definition) is 13. The molecule has 436 valence electrons. The Morgan fingerprint density at radius 1 is 0.579 bits per heavy atom. The number of aliphatic hydroxyl groups is 13. The molecular weight excluding hydrogens is 1000 g/mol. The molecule has 0 spiro atoms. The summed E-state index contributed by atoms with van der Waals surface area (Å²) >= 11 is 0. The fraction of sp³-hybridized carbons (Fsp3) is 0.944. The molecule has 0 aromatic rings. The van der Waals surface area contributed by atoms with Gasteiger partial charge in [0.05, 0.1) is 37.4 Å². The van der Waals surface area contributed by atoms with Gasteiger partial charge < -0.3 is 104 Å². The van der Waals surface area contributed by atoms with E-state index in [0.29, 0.717) is 32.1 Å². The molecule has 76 heavy (non-hydrogen) atoms. The predicted octanol–water partition coefficient (Wildman–Crippen LogP) is -1.01. The van der Waals surface area contributed by atoms with Crippen molar-refractivity contribution in [3.8, 4) is 0 Å². The Balaban J connectivity index is 0.920. The van der Waals surface area contributed by atoms with Crippen LogP contribution >= 0.6 is 0 Å². The summed E-state index contributed by atoms with van der Waals surface area (Å²) in [7, 11) is 0. The first-order chi connectivity index (χ1) is 35.5. The van der Waals surface area contributed by atoms with Crippen molar-refractivity contribution in [1.82, 2.24) is 0 Å². The maximum absolute atomic E-state index is 15.2. The highest BCUT2D eigenvalue weighted by Crippen LogP contribution is 2.76. The highest BCUT2D eigenvalue weighted by atomic mass is 16.8. The average Bonchev–Trinajstić information content (AvgIpc) is 3.43. The van der Waals surface area contributed by atoms with Crippen LogP contribution in [0.15, 0.2) is 11.6 Å². The molecular formula is C54H88O22. The number of rotatable bonds is 11. The summed E-state index contributed by atoms with van der Waals surface area (Å²) in [6.07, 6.45) is -22.4. The lowest BCUT2D eigenvalue weighted by atomic mass is 9.33. The van der Waals surface area contributed by atoms with Crippen molar-refractivity contribution in [2.75, 3.05) is 19.8 Å². The zero-order chi connectivity index (χ0) is 55.6. The molecule has 5 aliphatic carbocycles. The lowest BCUT2D eigenvalue weighted by Gasteiger charge is -2.71. The summed E-state index contributed by atoms with van der Waals surface area (Å²) in [6.45, 7) is 15.5. The summed E-state index contributed by atoms with van der Waals surface area (Å²) in [5.74, 6) is -0.361. The number of allylic oxidation sites excluding steroid dienone is 2. The molecule has 0 bridgehead atoms. The van der Waals surface area contributed by atoms with Crippen molar-refractivity contribution in [2.45, 2.75) is 249 Å². The zero-order valence-corrected chi connectivity index (χ0v) is 45.1. The van der Waals surface area contributed by atoms with E-state index in [9.17, 15) is 66.4 Å². The van der Waals surface area contributed by atoms with Crippen molar-refractivity contribution in [2.24, 2.45) is 50.2 Å². The first-order valence-corrected chi connectivity index (χ1v) is 27.7. The highest BCUT2D eigenvalue weighted by Gasteiger charge is 2.70. The topological polar surface area (TPSA) is 354 Å². The number of fused-ring (bicyclic) bond motifs is 7. The molecule has 9 rings (SSSR count). The minimum absolute atomic E-state index is 0.131. The molecule has 0 aromatic heterocycles. The molecule has 0 unspecified atom stereocenters. The van der Waals surface area contributed by atoms with Crippen LogP contribution in [0.1, 0.15) is 120 Å². The molecule has 0 amide bonds. The number of esters is 1. The minimum Gasteiger partial charge on any atom is -0.432 e. The van der Waals surface area contributed by atoms with Crippen LogP contribution in [0.4, 0.5) is 0 Å². The van der Waals surface area contributed by atoms with E-state index >= 15 is 4.79 Å². The highest BCUT2D eigenvalue weighted by molar-refractivity contribution is 5.79. The van der Waals surface area contributed by atoms with E-state index < -0.39 is 159 Å². The third-order valence-electron chi connectivity index (χ3n) is 21.4. The lowest BCUT2D eigenvalue weighted by molar-refractivity contribution is -0.370. The molecule has 22 nitrogen and oxygen atoms in total. The first-order valence-electron chi connectivity index (χ1n) is 27.7. The smallest absolute Gasteiger partial charge is 0.315 e. The Morgan fingerprint density at radius 3 is 1.78 bits per heavy atom. The van der Waals surface area contributed by atoms with Crippen LogP contribution < -0.4 is 0 Å². The van der Waals surface area contributed by atoms with Crippen molar-refractivity contribution in [1.29, 1.82) is 0 Å². The summed E-state index contributed by atoms with van der Waals surface area (Å²) in [5.41, 5.74) is -0.938. The molecule has 13 N–H and O–H groups in total. The van der Waals surface area contributed by atoms with Gasteiger partial charge in [-0.25, -0.2) is 0 Å². The number of ether oxygens (including phenoxy) is 8. The lowest BCUT2D eigenvalue weighted by Crippen LogP contribution is -2.66. The van der Waals surface area contributed by atoms with E-state index in [1.807, 2.05) is 0 Å². The predicted molar refractivity (Wildman–Crippen MR) is 261 cm³/mol. The van der Waals surface area contributed by atoms with Gasteiger partial charge in [-0.2, -0.15) is 0 Å². The second-order valence-electron chi connectivity index (χ2n) is 26.3. The minimum atomic E-state index is -1.89. The van der Waals surface area contributed by atoms with Gasteiger partial charge in [-0.1, -0.05) is 60.1 Å². The SMILES string of the molecule is C[C@@H]1O[C@H](O[C@H]2[C@H](OC[C@H]3O[C@@H](OC(=O)[C@]45CCC(C)(C)C[C@H]4C4=CC[C@H]6[C@@]7(C)CC[C@H](O[C@@H]8O[C@H](CO)[C@@H](O)[C@H](O)[C@H]8O)C(C)(C)[C@@H]7CC[C@@]6(C)[C@]4(C)CC5)[C@H](O)[C@@H](O)[C@H]3O)O[C@H](CO)[C@@H](O)[C@@H]2O)[C@H](O)[C@H](O)[C@H]1O. The molecule has 9 aliphatic rings. The second-order valence-corrected chi connectivity index (χ2v) is 26.3. The van der Waals surface area contributed by atoms with E-state index in [4.69, 9.17) is 37.9 Å². The standard InChI is InChI=1S/C54H88O22/c1-23-32(57)36(61)40(65)44(70-23)75-43-39(64)34(59)27(21-56)72-47(43)69-22-28-35(60)38(63)42(67)46(73-28)76-48(68)54-17-15-49(2,3)19-25(54)24-9-10-30-51(6)13-12-31(74-45-41(66)37(62)33(58)26(20-55)71-45)50(4,5)29(51)11-14-53(30,8)52(24,7)16-18-54/h9,23,25-47,55-67H,10-22H2,1-8H3/t23-,25-,26+,27+,28+,29-,30-,31-,32-,33+,34+,35-,36+,37-,38-,39-,40+,41+,42+,43+,44+,45-,46-,47+,51-,52+,53+,54-/m0/s1. The van der Waals surface area contributed by atoms with Gasteiger partial charge in [-0.05, 0) is 116 Å². The molecule has 22 heteroatoms. The van der Waals surface area contributed by atoms with E-state index in [1.54, 1.807) is 0 Å². The molecule has 28 atom stereocenters. The van der Waals surface area contributed by atoms with Crippen LogP contribution in [-0.2, 0) is 42.7 Å². The Hall–Kier alpha value is -1.59. The molecule has 8 fully saturated rings. The average molecular weight is 1090 g/mol. The molecule has 0 radical (unpaired) electrons. The van der Waals surface area contributed by atoms with Gasteiger partial charge >= 0.3 is 5.97 Å². The summed E-state index contributed by atoms with van der Waals surface area (Å²) in [5, 5.41) is 139. The van der Waals surface area contributed by atoms with E-state index in [1.165, 1.54) is 12.5 Å². The van der Waals surface area contributed by atoms with E-state index in [0.717, 1.165) is 32.1 Å². The number of carbonyl (C=O) groups is 1. The molecule has 0 aromatic carbocycles. The van der Waals surface area contributed by atoms with Gasteiger partial charge in [0.2, 0.25) is 6.29 Å². The fourth-order valence-electron chi connectivity index (χ4n) is 16.4. The van der Waals surface area contributed by atoms with Gasteiger partial charge in [0.1, 0.15) is 91.6 Å². The zero-order valence-electron chi connectivity index (χ0n) is 45.1. The van der Waals surface area contributed by atoms with Crippen LogP contribution in [0.2, 0.25) is 0 Å². The van der Waals surface area contributed by atoms with Crippen LogP contribution in [0.25, 0.3) is 0 Å². The van der Waals surface area contributed by atoms with Gasteiger partial charge in [0.15, 0.2) is 18.9 Å². The summed E-state index contributed by atoms with van der Waals surface area (Å²) < 4.78 is 47.7. The summed E-state index contributed by atoms with van der Waals surface area (Å²) in [4.78, 5) is 15.2. The van der Waals surface area contributed by atoms with E-state index in [2.05, 4.69) is 54.5 Å². The number of hydrogen-bond acceptors (Lipinski definition) is 22. The maximum atomic E-state index is 15.2. The van der Waals surface area contributed by atoms with Crippen LogP contribution in [0.5, 0.6) is 0 Å². The van der Waals surface area contributed by atoms with Crippen LogP contribution in [-0.4, -0.2) is 221 Å². The largest absolute Gasteiger partial charge is 0.432 e. The van der Waals surface area contributed by atoms with Gasteiger partial charge in [-0.15, -0.1) is 0 Å². The van der Waals surface area contributed by atoms with Crippen molar-refractivity contribution in [3.05, 3.63) is 11.6 Å². The monoisotopic (exact) mass is 1090 g/mol. The Labute approximate surface area is 444 Å². The van der Waals surface area contributed by atoms with Crippen LogP contribution in [0, 0.1) is 50.2 Å². The van der Waals surface area contributed by atoms with E-state index in [-0.39, 0.29) is 45.5 Å². The van der Waals surface area contributed by atoms with Gasteiger partial charge in [-0.3, -0.25) is 4.79 Å². The molecule has 4 saturated carbocycles. The quantitative estimate of drug-likeness (QED) is 0.0670. The molecule has 4 saturated heterocycles. The van der Waals surface area contributed by atoms with Crippen molar-refractivity contribution < 1.29 is 109 Å². The van der Waals surface area contributed by atoms with Crippen molar-refractivity contribution >= 4 is 5.97 Å². The third-order valence-corrected chi connectivity index (χ3v) is 21.4.